The number of carbonyl (C=O) groups is 3. The van der Waals surface area contributed by atoms with E-state index in [1.165, 1.54) is 21.0 Å². The molecule has 0 saturated carbocycles. The normalized spacial score (nSPS) is 16.3. The van der Waals surface area contributed by atoms with Crippen molar-refractivity contribution in [3.63, 3.8) is 0 Å². The van der Waals surface area contributed by atoms with Crippen LogP contribution in [0.3, 0.4) is 0 Å². The molecule has 0 saturated heterocycles. The zero-order valence-electron chi connectivity index (χ0n) is 8.70. The van der Waals surface area contributed by atoms with Crippen LogP contribution in [0.5, 0.6) is 0 Å². The Kier molecular flexibility index (Phi) is 3.21. The van der Waals surface area contributed by atoms with E-state index in [1.807, 2.05) is 0 Å². The van der Waals surface area contributed by atoms with Crippen LogP contribution in [0.1, 0.15) is 13.8 Å². The zero-order chi connectivity index (χ0) is 11.6. The molecule has 1 aliphatic rings. The van der Waals surface area contributed by atoms with Crippen molar-refractivity contribution in [2.24, 2.45) is 0 Å². The summed E-state index contributed by atoms with van der Waals surface area (Å²) in [6.07, 6.45) is 0. The molecule has 0 aromatic heterocycles. The summed E-state index contributed by atoms with van der Waals surface area (Å²) >= 11 is 0. The molecule has 0 fully saturated rings. The topological polar surface area (TPSA) is 72.9 Å². The summed E-state index contributed by atoms with van der Waals surface area (Å²) in [6.45, 7) is 2.59. The molecule has 15 heavy (non-hydrogen) atoms. The number of ether oxygens (including phenoxy) is 1. The van der Waals surface area contributed by atoms with Crippen molar-refractivity contribution in [2.75, 3.05) is 13.7 Å². The van der Waals surface area contributed by atoms with E-state index in [9.17, 15) is 14.4 Å². The van der Waals surface area contributed by atoms with Crippen LogP contribution in [0, 0.1) is 0 Å². The van der Waals surface area contributed by atoms with Crippen molar-refractivity contribution in [2.45, 2.75) is 13.8 Å². The number of methoxy groups -OCH3 is 1. The summed E-state index contributed by atoms with van der Waals surface area (Å²) in [5.74, 6) is -1.74. The highest BCUT2D eigenvalue weighted by Crippen LogP contribution is 2.19. The fourth-order valence-electron chi connectivity index (χ4n) is 1.01. The molecule has 0 radical (unpaired) electrons. The second kappa shape index (κ2) is 4.22. The van der Waals surface area contributed by atoms with Crippen molar-refractivity contribution in [1.29, 1.82) is 0 Å². The summed E-state index contributed by atoms with van der Waals surface area (Å²) in [7, 11) is 1.19. The Balaban J connectivity index is 2.64. The van der Waals surface area contributed by atoms with Gasteiger partial charge < -0.3 is 4.74 Å². The molecule has 0 aliphatic carbocycles. The van der Waals surface area contributed by atoms with E-state index in [0.717, 1.165) is 0 Å². The molecule has 1 rings (SSSR count). The van der Waals surface area contributed by atoms with Crippen molar-refractivity contribution in [3.05, 3.63) is 11.1 Å². The van der Waals surface area contributed by atoms with Gasteiger partial charge in [-0.15, -0.1) is 5.06 Å². The molecule has 0 spiro atoms. The number of nitrogens with zero attached hydrogens (tertiary/aromatic N) is 1. The second-order valence-corrected chi connectivity index (χ2v) is 3.00. The molecule has 0 bridgehead atoms. The van der Waals surface area contributed by atoms with Gasteiger partial charge in [-0.2, -0.15) is 0 Å². The number of imide groups is 1. The van der Waals surface area contributed by atoms with Gasteiger partial charge in [0.25, 0.3) is 11.8 Å². The van der Waals surface area contributed by atoms with Gasteiger partial charge in [-0.25, -0.2) is 4.79 Å². The Morgan fingerprint density at radius 3 is 2.07 bits per heavy atom. The van der Waals surface area contributed by atoms with E-state index in [1.54, 1.807) is 0 Å². The standard InChI is InChI=1S/C9H11NO5/c1-5-6(2)9(13)10(8(5)12)15-4-7(11)14-3/h4H2,1-3H3. The van der Waals surface area contributed by atoms with Crippen LogP contribution in [0.4, 0.5) is 0 Å². The first-order chi connectivity index (χ1) is 6.99. The summed E-state index contributed by atoms with van der Waals surface area (Å²) in [5.41, 5.74) is 0.648. The van der Waals surface area contributed by atoms with Gasteiger partial charge >= 0.3 is 5.97 Å². The Morgan fingerprint density at radius 1 is 1.20 bits per heavy atom. The molecule has 0 atom stereocenters. The first kappa shape index (κ1) is 11.4. The Morgan fingerprint density at radius 2 is 1.67 bits per heavy atom. The van der Waals surface area contributed by atoms with Crippen LogP contribution in [-0.2, 0) is 24.0 Å². The van der Waals surface area contributed by atoms with Gasteiger partial charge in [-0.05, 0) is 13.8 Å². The van der Waals surface area contributed by atoms with Crippen LogP contribution in [0.25, 0.3) is 0 Å². The molecule has 6 nitrogen and oxygen atoms in total. The Hall–Kier alpha value is -1.69. The molecular weight excluding hydrogens is 202 g/mol. The van der Waals surface area contributed by atoms with Gasteiger partial charge in [-0.1, -0.05) is 0 Å². The highest BCUT2D eigenvalue weighted by molar-refractivity contribution is 6.17. The fourth-order valence-corrected chi connectivity index (χ4v) is 1.01. The van der Waals surface area contributed by atoms with Gasteiger partial charge in [0.1, 0.15) is 0 Å². The predicted molar refractivity (Wildman–Crippen MR) is 48.2 cm³/mol. The van der Waals surface area contributed by atoms with Gasteiger partial charge in [0.15, 0.2) is 6.61 Å². The first-order valence-corrected chi connectivity index (χ1v) is 4.25. The first-order valence-electron chi connectivity index (χ1n) is 4.25. The SMILES string of the molecule is COC(=O)CON1C(=O)C(C)=C(C)C1=O. The molecule has 1 aliphatic heterocycles. The lowest BCUT2D eigenvalue weighted by atomic mass is 10.2. The lowest BCUT2D eigenvalue weighted by Gasteiger charge is -2.12. The van der Waals surface area contributed by atoms with Crippen LogP contribution < -0.4 is 0 Å². The molecule has 0 N–H and O–H groups in total. The van der Waals surface area contributed by atoms with Gasteiger partial charge in [-0.3, -0.25) is 14.4 Å². The van der Waals surface area contributed by atoms with Crippen molar-refractivity contribution in [3.8, 4) is 0 Å². The van der Waals surface area contributed by atoms with E-state index < -0.39 is 24.4 Å². The summed E-state index contributed by atoms with van der Waals surface area (Å²) in [4.78, 5) is 38.3. The third-order valence-corrected chi connectivity index (χ3v) is 2.11. The average Bonchev–Trinajstić information content (AvgIpc) is 2.41. The molecule has 0 aromatic carbocycles. The van der Waals surface area contributed by atoms with Crippen LogP contribution in [-0.4, -0.2) is 36.6 Å². The van der Waals surface area contributed by atoms with E-state index in [-0.39, 0.29) is 0 Å². The smallest absolute Gasteiger partial charge is 0.334 e. The Labute approximate surface area is 86.4 Å². The van der Waals surface area contributed by atoms with Gasteiger partial charge in [0.05, 0.1) is 7.11 Å². The maximum atomic E-state index is 11.4. The molecule has 0 unspecified atom stereocenters. The number of hydrogen-bond donors (Lipinski definition) is 0. The third-order valence-electron chi connectivity index (χ3n) is 2.11. The quantitative estimate of drug-likeness (QED) is 0.479. The number of esters is 1. The monoisotopic (exact) mass is 213 g/mol. The lowest BCUT2D eigenvalue weighted by molar-refractivity contribution is -0.192. The maximum absolute atomic E-state index is 11.4. The fraction of sp³-hybridized carbons (Fsp3) is 0.444. The number of hydrogen-bond acceptors (Lipinski definition) is 5. The van der Waals surface area contributed by atoms with Crippen LogP contribution in [0.2, 0.25) is 0 Å². The third kappa shape index (κ3) is 2.04. The minimum atomic E-state index is -0.655. The summed E-state index contributed by atoms with van der Waals surface area (Å²) in [5, 5.41) is 0.571. The van der Waals surface area contributed by atoms with E-state index >= 15 is 0 Å². The molecule has 2 amide bonds. The van der Waals surface area contributed by atoms with E-state index in [4.69, 9.17) is 4.84 Å². The predicted octanol–water partition coefficient (Wildman–Crippen LogP) is -0.204. The molecule has 0 aromatic rings. The minimum Gasteiger partial charge on any atom is -0.467 e. The van der Waals surface area contributed by atoms with Crippen molar-refractivity contribution in [1.82, 2.24) is 5.06 Å². The summed E-state index contributed by atoms with van der Waals surface area (Å²) < 4.78 is 4.31. The highest BCUT2D eigenvalue weighted by atomic mass is 16.7. The molecular formula is C9H11NO5. The minimum absolute atomic E-state index is 0.324. The zero-order valence-corrected chi connectivity index (χ0v) is 8.70. The van der Waals surface area contributed by atoms with Crippen molar-refractivity contribution < 1.29 is 24.0 Å². The second-order valence-electron chi connectivity index (χ2n) is 3.00. The summed E-state index contributed by atoms with van der Waals surface area (Å²) in [6, 6.07) is 0. The molecule has 1 heterocycles. The number of rotatable bonds is 3. The highest BCUT2D eigenvalue weighted by Gasteiger charge is 2.35. The van der Waals surface area contributed by atoms with Gasteiger partial charge in [0, 0.05) is 11.1 Å². The molecule has 6 heteroatoms. The van der Waals surface area contributed by atoms with Gasteiger partial charge in [0.2, 0.25) is 0 Å². The van der Waals surface area contributed by atoms with E-state index in [2.05, 4.69) is 4.74 Å². The Bertz CT molecular complexity index is 334. The number of amides is 2. The van der Waals surface area contributed by atoms with E-state index in [0.29, 0.717) is 16.2 Å². The van der Waals surface area contributed by atoms with Crippen LogP contribution in [0.15, 0.2) is 11.1 Å². The average molecular weight is 213 g/mol. The van der Waals surface area contributed by atoms with Crippen molar-refractivity contribution >= 4 is 17.8 Å². The largest absolute Gasteiger partial charge is 0.467 e. The maximum Gasteiger partial charge on any atom is 0.334 e. The number of carbonyl (C=O) groups excluding carboxylic acids is 3. The lowest BCUT2D eigenvalue weighted by Crippen LogP contribution is -2.33. The van der Waals surface area contributed by atoms with Crippen LogP contribution >= 0.6 is 0 Å². The number of hydroxylamine groups is 2. The molecule has 82 valence electrons.